The second-order valence-electron chi connectivity index (χ2n) is 4.26. The van der Waals surface area contributed by atoms with E-state index >= 15 is 0 Å². The van der Waals surface area contributed by atoms with Gasteiger partial charge in [0.05, 0.1) is 6.04 Å². The number of carbonyl (C=O) groups is 1. The SMILES string of the molecule is CC[C@@H](N)C(=O)NC(C)C1CCOCC1. The number of hydrogen-bond acceptors (Lipinski definition) is 3. The number of nitrogens with two attached hydrogens (primary N) is 1. The highest BCUT2D eigenvalue weighted by molar-refractivity contribution is 5.81. The first kappa shape index (κ1) is 12.5. The molecule has 1 rings (SSSR count). The van der Waals surface area contributed by atoms with E-state index in [1.807, 2.05) is 6.92 Å². The van der Waals surface area contributed by atoms with Crippen LogP contribution in [0.15, 0.2) is 0 Å². The van der Waals surface area contributed by atoms with Crippen molar-refractivity contribution < 1.29 is 9.53 Å². The van der Waals surface area contributed by atoms with Crippen LogP contribution in [0.5, 0.6) is 0 Å². The van der Waals surface area contributed by atoms with Crippen molar-refractivity contribution in [2.45, 2.75) is 45.2 Å². The van der Waals surface area contributed by atoms with Crippen LogP contribution in [0.25, 0.3) is 0 Å². The van der Waals surface area contributed by atoms with E-state index in [0.717, 1.165) is 26.1 Å². The molecule has 4 nitrogen and oxygen atoms in total. The van der Waals surface area contributed by atoms with E-state index in [2.05, 4.69) is 12.2 Å². The van der Waals surface area contributed by atoms with Crippen LogP contribution in [0.2, 0.25) is 0 Å². The summed E-state index contributed by atoms with van der Waals surface area (Å²) >= 11 is 0. The maximum atomic E-state index is 11.6. The summed E-state index contributed by atoms with van der Waals surface area (Å²) in [6.45, 7) is 5.59. The van der Waals surface area contributed by atoms with Crippen molar-refractivity contribution >= 4 is 5.91 Å². The molecule has 1 aliphatic heterocycles. The zero-order chi connectivity index (χ0) is 11.3. The Morgan fingerprint density at radius 2 is 2.13 bits per heavy atom. The highest BCUT2D eigenvalue weighted by Crippen LogP contribution is 2.18. The molecule has 0 aromatic heterocycles. The molecule has 0 bridgehead atoms. The third kappa shape index (κ3) is 3.80. The van der Waals surface area contributed by atoms with Crippen LogP contribution in [-0.4, -0.2) is 31.2 Å². The Morgan fingerprint density at radius 3 is 2.67 bits per heavy atom. The maximum absolute atomic E-state index is 11.6. The monoisotopic (exact) mass is 214 g/mol. The second kappa shape index (κ2) is 6.08. The smallest absolute Gasteiger partial charge is 0.237 e. The molecule has 4 heteroatoms. The van der Waals surface area contributed by atoms with Gasteiger partial charge in [-0.2, -0.15) is 0 Å². The molecule has 0 saturated carbocycles. The van der Waals surface area contributed by atoms with Gasteiger partial charge >= 0.3 is 0 Å². The molecule has 3 N–H and O–H groups in total. The van der Waals surface area contributed by atoms with Gasteiger partial charge < -0.3 is 15.8 Å². The normalized spacial score (nSPS) is 22.1. The fraction of sp³-hybridized carbons (Fsp3) is 0.909. The third-order valence-electron chi connectivity index (χ3n) is 3.12. The molecule has 0 aromatic rings. The Hall–Kier alpha value is -0.610. The number of ether oxygens (including phenoxy) is 1. The Kier molecular flexibility index (Phi) is 5.05. The predicted molar refractivity (Wildman–Crippen MR) is 59.4 cm³/mol. The Morgan fingerprint density at radius 1 is 1.53 bits per heavy atom. The van der Waals surface area contributed by atoms with Crippen molar-refractivity contribution in [3.8, 4) is 0 Å². The fourth-order valence-electron chi connectivity index (χ4n) is 1.85. The number of nitrogens with one attached hydrogen (secondary N) is 1. The summed E-state index contributed by atoms with van der Waals surface area (Å²) in [7, 11) is 0. The number of rotatable bonds is 4. The average molecular weight is 214 g/mol. The molecular formula is C11H22N2O2. The van der Waals surface area contributed by atoms with Gasteiger partial charge in [0.2, 0.25) is 5.91 Å². The fourth-order valence-corrected chi connectivity index (χ4v) is 1.85. The minimum absolute atomic E-state index is 0.0310. The first-order valence-corrected chi connectivity index (χ1v) is 5.78. The van der Waals surface area contributed by atoms with E-state index in [1.54, 1.807) is 0 Å². The van der Waals surface area contributed by atoms with Crippen molar-refractivity contribution in [2.24, 2.45) is 11.7 Å². The quantitative estimate of drug-likeness (QED) is 0.722. The van der Waals surface area contributed by atoms with Gasteiger partial charge in [0.25, 0.3) is 0 Å². The van der Waals surface area contributed by atoms with Crippen LogP contribution in [0, 0.1) is 5.92 Å². The molecule has 1 heterocycles. The summed E-state index contributed by atoms with van der Waals surface area (Å²) in [6, 6.07) is -0.161. The second-order valence-corrected chi connectivity index (χ2v) is 4.26. The van der Waals surface area contributed by atoms with Crippen LogP contribution in [0.3, 0.4) is 0 Å². The minimum atomic E-state index is -0.368. The molecule has 88 valence electrons. The lowest BCUT2D eigenvalue weighted by atomic mass is 9.93. The summed E-state index contributed by atoms with van der Waals surface area (Å²) in [5.74, 6) is 0.503. The topological polar surface area (TPSA) is 64.4 Å². The molecule has 1 amide bonds. The Labute approximate surface area is 91.5 Å². The van der Waals surface area contributed by atoms with Gasteiger partial charge in [-0.25, -0.2) is 0 Å². The molecule has 0 radical (unpaired) electrons. The van der Waals surface area contributed by atoms with E-state index in [-0.39, 0.29) is 18.0 Å². The molecule has 0 spiro atoms. The largest absolute Gasteiger partial charge is 0.381 e. The van der Waals surface area contributed by atoms with Crippen molar-refractivity contribution in [1.29, 1.82) is 0 Å². The van der Waals surface area contributed by atoms with Gasteiger partial charge in [0.15, 0.2) is 0 Å². The molecule has 1 fully saturated rings. The maximum Gasteiger partial charge on any atom is 0.237 e. The Balaban J connectivity index is 2.33. The third-order valence-corrected chi connectivity index (χ3v) is 3.12. The van der Waals surface area contributed by atoms with Crippen molar-refractivity contribution in [3.63, 3.8) is 0 Å². The first-order valence-electron chi connectivity index (χ1n) is 5.78. The van der Waals surface area contributed by atoms with E-state index in [1.165, 1.54) is 0 Å². The number of carbonyl (C=O) groups excluding carboxylic acids is 1. The van der Waals surface area contributed by atoms with Gasteiger partial charge in [-0.05, 0) is 32.1 Å². The molecule has 0 aliphatic carbocycles. The summed E-state index contributed by atoms with van der Waals surface area (Å²) in [5.41, 5.74) is 5.66. The molecule has 0 aromatic carbocycles. The van der Waals surface area contributed by atoms with Crippen molar-refractivity contribution in [3.05, 3.63) is 0 Å². The van der Waals surface area contributed by atoms with Crippen molar-refractivity contribution in [2.75, 3.05) is 13.2 Å². The number of amides is 1. The van der Waals surface area contributed by atoms with Gasteiger partial charge in [-0.1, -0.05) is 6.92 Å². The van der Waals surface area contributed by atoms with E-state index in [0.29, 0.717) is 12.3 Å². The summed E-state index contributed by atoms with van der Waals surface area (Å²) in [5, 5.41) is 2.98. The minimum Gasteiger partial charge on any atom is -0.381 e. The lowest BCUT2D eigenvalue weighted by Crippen LogP contribution is -2.47. The molecule has 1 saturated heterocycles. The molecule has 15 heavy (non-hydrogen) atoms. The highest BCUT2D eigenvalue weighted by Gasteiger charge is 2.23. The molecule has 1 aliphatic rings. The van der Waals surface area contributed by atoms with Gasteiger partial charge in [0, 0.05) is 19.3 Å². The van der Waals surface area contributed by atoms with Crippen LogP contribution in [0.1, 0.15) is 33.1 Å². The molecule has 1 unspecified atom stereocenters. The van der Waals surface area contributed by atoms with E-state index in [4.69, 9.17) is 10.5 Å². The van der Waals surface area contributed by atoms with Crippen molar-refractivity contribution in [1.82, 2.24) is 5.32 Å². The lowest BCUT2D eigenvalue weighted by Gasteiger charge is -2.29. The van der Waals surface area contributed by atoms with Crippen LogP contribution in [0.4, 0.5) is 0 Å². The molecular weight excluding hydrogens is 192 g/mol. The standard InChI is InChI=1S/C11H22N2O2/c1-3-10(12)11(14)13-8(2)9-4-6-15-7-5-9/h8-10H,3-7,12H2,1-2H3,(H,13,14)/t8?,10-/m1/s1. The number of hydrogen-bond donors (Lipinski definition) is 2. The van der Waals surface area contributed by atoms with E-state index in [9.17, 15) is 4.79 Å². The van der Waals surface area contributed by atoms with Gasteiger partial charge in [0.1, 0.15) is 0 Å². The lowest BCUT2D eigenvalue weighted by molar-refractivity contribution is -0.123. The summed E-state index contributed by atoms with van der Waals surface area (Å²) < 4.78 is 5.29. The van der Waals surface area contributed by atoms with Gasteiger partial charge in [-0.15, -0.1) is 0 Å². The van der Waals surface area contributed by atoms with Gasteiger partial charge in [-0.3, -0.25) is 4.79 Å². The van der Waals surface area contributed by atoms with Crippen LogP contribution >= 0.6 is 0 Å². The molecule has 2 atom stereocenters. The highest BCUT2D eigenvalue weighted by atomic mass is 16.5. The van der Waals surface area contributed by atoms with Crippen LogP contribution < -0.4 is 11.1 Å². The average Bonchev–Trinajstić information content (AvgIpc) is 2.29. The summed E-state index contributed by atoms with van der Waals surface area (Å²) in [4.78, 5) is 11.6. The zero-order valence-electron chi connectivity index (χ0n) is 9.66. The van der Waals surface area contributed by atoms with E-state index < -0.39 is 0 Å². The first-order chi connectivity index (χ1) is 7.15. The summed E-state index contributed by atoms with van der Waals surface area (Å²) in [6.07, 6.45) is 2.75. The Bertz CT molecular complexity index is 203. The van der Waals surface area contributed by atoms with Crippen LogP contribution in [-0.2, 0) is 9.53 Å². The zero-order valence-corrected chi connectivity index (χ0v) is 9.66. The predicted octanol–water partition coefficient (Wildman–Crippen LogP) is 0.655.